The molecule has 4 rings (SSSR count). The average molecular weight is 374 g/mol. The standard InChI is InChI=1S/C18H22N4O5/c1-24-15-7-17(26-3)16(25-2)6-12(15)18(23)21-5-4-14-13(9-21)22-11(10-27-14)8-19-20-22/h6-8,13-14H,4-5,9-10H2,1-3H3/t13-,14+/m0/s1. The predicted octanol–water partition coefficient (Wildman–Crippen LogP) is 1.29. The highest BCUT2D eigenvalue weighted by Gasteiger charge is 2.38. The van der Waals surface area contributed by atoms with Crippen LogP contribution in [0.3, 0.4) is 0 Å². The number of amides is 1. The Morgan fingerprint density at radius 1 is 1.15 bits per heavy atom. The van der Waals surface area contributed by atoms with Gasteiger partial charge in [-0.05, 0) is 6.42 Å². The second kappa shape index (κ2) is 7.07. The minimum absolute atomic E-state index is 0.0375. The van der Waals surface area contributed by atoms with E-state index >= 15 is 0 Å². The van der Waals surface area contributed by atoms with E-state index in [0.717, 1.165) is 12.1 Å². The number of rotatable bonds is 4. The number of methoxy groups -OCH3 is 3. The zero-order chi connectivity index (χ0) is 19.0. The molecule has 0 spiro atoms. The molecule has 1 aromatic heterocycles. The number of benzene rings is 1. The lowest BCUT2D eigenvalue weighted by Crippen LogP contribution is -2.50. The molecule has 2 aliphatic rings. The highest BCUT2D eigenvalue weighted by Crippen LogP contribution is 2.36. The van der Waals surface area contributed by atoms with Gasteiger partial charge in [-0.3, -0.25) is 4.79 Å². The molecular formula is C18H22N4O5. The lowest BCUT2D eigenvalue weighted by atomic mass is 9.99. The average Bonchev–Trinajstić information content (AvgIpc) is 3.21. The van der Waals surface area contributed by atoms with Crippen LogP contribution in [0.2, 0.25) is 0 Å². The van der Waals surface area contributed by atoms with Crippen LogP contribution in [0.4, 0.5) is 0 Å². The van der Waals surface area contributed by atoms with Crippen molar-refractivity contribution in [1.29, 1.82) is 0 Å². The topological polar surface area (TPSA) is 87.9 Å². The summed E-state index contributed by atoms with van der Waals surface area (Å²) in [5.74, 6) is 1.31. The molecule has 27 heavy (non-hydrogen) atoms. The molecule has 2 aromatic rings. The Labute approximate surface area is 156 Å². The van der Waals surface area contributed by atoms with Crippen LogP contribution in [-0.2, 0) is 11.3 Å². The number of piperidine rings is 1. The Hall–Kier alpha value is -2.81. The third-order valence-electron chi connectivity index (χ3n) is 5.15. The smallest absolute Gasteiger partial charge is 0.257 e. The molecule has 9 nitrogen and oxygen atoms in total. The van der Waals surface area contributed by atoms with Crippen molar-refractivity contribution in [2.24, 2.45) is 0 Å². The van der Waals surface area contributed by atoms with Gasteiger partial charge in [-0.25, -0.2) is 4.68 Å². The number of ether oxygens (including phenoxy) is 4. The Morgan fingerprint density at radius 2 is 1.89 bits per heavy atom. The molecule has 2 aliphatic heterocycles. The number of aromatic nitrogens is 3. The Balaban J connectivity index is 1.62. The maximum absolute atomic E-state index is 13.2. The summed E-state index contributed by atoms with van der Waals surface area (Å²) >= 11 is 0. The summed E-state index contributed by atoms with van der Waals surface area (Å²) < 4.78 is 23.8. The van der Waals surface area contributed by atoms with Crippen molar-refractivity contribution in [3.8, 4) is 17.2 Å². The van der Waals surface area contributed by atoms with E-state index < -0.39 is 0 Å². The van der Waals surface area contributed by atoms with Crippen LogP contribution in [0.25, 0.3) is 0 Å². The third-order valence-corrected chi connectivity index (χ3v) is 5.15. The quantitative estimate of drug-likeness (QED) is 0.797. The summed E-state index contributed by atoms with van der Waals surface area (Å²) in [4.78, 5) is 15.0. The number of hydrogen-bond donors (Lipinski definition) is 0. The van der Waals surface area contributed by atoms with Crippen molar-refractivity contribution in [3.63, 3.8) is 0 Å². The van der Waals surface area contributed by atoms with Gasteiger partial charge in [0.2, 0.25) is 0 Å². The van der Waals surface area contributed by atoms with Crippen LogP contribution in [0.15, 0.2) is 18.3 Å². The number of likely N-dealkylation sites (tertiary alicyclic amines) is 1. The van der Waals surface area contributed by atoms with Gasteiger partial charge in [-0.1, -0.05) is 5.21 Å². The lowest BCUT2D eigenvalue weighted by Gasteiger charge is -2.41. The van der Waals surface area contributed by atoms with Gasteiger partial charge in [-0.15, -0.1) is 5.10 Å². The van der Waals surface area contributed by atoms with Gasteiger partial charge in [-0.2, -0.15) is 0 Å². The van der Waals surface area contributed by atoms with Gasteiger partial charge >= 0.3 is 0 Å². The molecule has 1 fully saturated rings. The van der Waals surface area contributed by atoms with Crippen LogP contribution >= 0.6 is 0 Å². The number of hydrogen-bond acceptors (Lipinski definition) is 7. The Kier molecular flexibility index (Phi) is 4.61. The summed E-state index contributed by atoms with van der Waals surface area (Å²) in [6, 6.07) is 3.28. The molecule has 144 valence electrons. The fourth-order valence-electron chi connectivity index (χ4n) is 3.73. The first-order chi connectivity index (χ1) is 13.2. The molecule has 1 aromatic carbocycles. The summed E-state index contributed by atoms with van der Waals surface area (Å²) in [6.45, 7) is 1.60. The minimum atomic E-state index is -0.126. The monoisotopic (exact) mass is 374 g/mol. The van der Waals surface area contributed by atoms with Crippen molar-refractivity contribution in [2.75, 3.05) is 34.4 Å². The van der Waals surface area contributed by atoms with E-state index in [1.165, 1.54) is 14.2 Å². The largest absolute Gasteiger partial charge is 0.496 e. The molecule has 0 N–H and O–H groups in total. The van der Waals surface area contributed by atoms with Crippen molar-refractivity contribution >= 4 is 5.91 Å². The Bertz CT molecular complexity index is 852. The number of carbonyl (C=O) groups excluding carboxylic acids is 1. The molecule has 0 aliphatic carbocycles. The summed E-state index contributed by atoms with van der Waals surface area (Å²) in [5.41, 5.74) is 1.36. The minimum Gasteiger partial charge on any atom is -0.496 e. The van der Waals surface area contributed by atoms with Gasteiger partial charge in [0.25, 0.3) is 5.91 Å². The molecular weight excluding hydrogens is 352 g/mol. The molecule has 2 atom stereocenters. The maximum atomic E-state index is 13.2. The highest BCUT2D eigenvalue weighted by molar-refractivity contribution is 5.98. The van der Waals surface area contributed by atoms with Crippen molar-refractivity contribution < 1.29 is 23.7 Å². The summed E-state index contributed by atoms with van der Waals surface area (Å²) in [5, 5.41) is 8.15. The van der Waals surface area contributed by atoms with E-state index in [-0.39, 0.29) is 18.1 Å². The van der Waals surface area contributed by atoms with Crippen LogP contribution in [0.1, 0.15) is 28.5 Å². The number of carbonyl (C=O) groups is 1. The van der Waals surface area contributed by atoms with Gasteiger partial charge in [0.1, 0.15) is 5.75 Å². The molecule has 0 unspecified atom stereocenters. The Morgan fingerprint density at radius 3 is 2.63 bits per heavy atom. The van der Waals surface area contributed by atoms with Crippen LogP contribution in [0, 0.1) is 0 Å². The molecule has 0 radical (unpaired) electrons. The van der Waals surface area contributed by atoms with Crippen LogP contribution in [-0.4, -0.2) is 66.3 Å². The molecule has 9 heteroatoms. The highest BCUT2D eigenvalue weighted by atomic mass is 16.5. The van der Waals surface area contributed by atoms with Crippen molar-refractivity contribution in [2.45, 2.75) is 25.2 Å². The van der Waals surface area contributed by atoms with Gasteiger partial charge < -0.3 is 23.8 Å². The van der Waals surface area contributed by atoms with E-state index in [1.54, 1.807) is 30.3 Å². The molecule has 1 saturated heterocycles. The first-order valence-corrected chi connectivity index (χ1v) is 8.76. The second-order valence-electron chi connectivity index (χ2n) is 6.53. The van der Waals surface area contributed by atoms with Crippen molar-refractivity contribution in [3.05, 3.63) is 29.6 Å². The SMILES string of the molecule is COc1cc(OC)c(C(=O)N2CC[C@H]3OCc4cnnn4[C@H]3C2)cc1OC. The first-order valence-electron chi connectivity index (χ1n) is 8.76. The lowest BCUT2D eigenvalue weighted by molar-refractivity contribution is -0.0605. The van der Waals surface area contributed by atoms with E-state index in [9.17, 15) is 4.79 Å². The molecule has 3 heterocycles. The predicted molar refractivity (Wildman–Crippen MR) is 94.3 cm³/mol. The molecule has 0 bridgehead atoms. The summed E-state index contributed by atoms with van der Waals surface area (Å²) in [7, 11) is 4.61. The zero-order valence-electron chi connectivity index (χ0n) is 15.5. The van der Waals surface area contributed by atoms with Gasteiger partial charge in [0.15, 0.2) is 11.5 Å². The van der Waals surface area contributed by atoms with Crippen LogP contribution in [0.5, 0.6) is 17.2 Å². The van der Waals surface area contributed by atoms with E-state index in [0.29, 0.717) is 42.5 Å². The van der Waals surface area contributed by atoms with E-state index in [2.05, 4.69) is 10.3 Å². The van der Waals surface area contributed by atoms with E-state index in [4.69, 9.17) is 18.9 Å². The third kappa shape index (κ3) is 2.97. The maximum Gasteiger partial charge on any atom is 0.257 e. The normalized spacial score (nSPS) is 21.2. The van der Waals surface area contributed by atoms with Crippen molar-refractivity contribution in [1.82, 2.24) is 19.9 Å². The number of fused-ring (bicyclic) bond motifs is 3. The molecule has 1 amide bonds. The summed E-state index contributed by atoms with van der Waals surface area (Å²) in [6.07, 6.45) is 2.48. The van der Waals surface area contributed by atoms with E-state index in [1.807, 2.05) is 4.68 Å². The first kappa shape index (κ1) is 17.6. The fourth-order valence-corrected chi connectivity index (χ4v) is 3.73. The number of nitrogens with zero attached hydrogens (tertiary/aromatic N) is 4. The second-order valence-corrected chi connectivity index (χ2v) is 6.53. The van der Waals surface area contributed by atoms with Crippen LogP contribution < -0.4 is 14.2 Å². The van der Waals surface area contributed by atoms with Gasteiger partial charge in [0.05, 0.1) is 57.5 Å². The molecule has 0 saturated carbocycles. The zero-order valence-corrected chi connectivity index (χ0v) is 15.5. The van der Waals surface area contributed by atoms with Gasteiger partial charge in [0, 0.05) is 25.2 Å². The fraction of sp³-hybridized carbons (Fsp3) is 0.500.